The van der Waals surface area contributed by atoms with Crippen LogP contribution in [0.3, 0.4) is 0 Å². The number of nitriles is 1. The minimum atomic E-state index is 0.101. The Bertz CT molecular complexity index is 726. The standard InChI is InChI=1S/C17H16BrN3O/c1-12-3-2-7-20-17(12)22-15-6-8-21(11-15)16-5-4-14(18)9-13(16)10-19/h2-5,7,9,15H,6,8,11H2,1H3. The maximum Gasteiger partial charge on any atom is 0.216 e. The number of halogens is 1. The first-order chi connectivity index (χ1) is 10.7. The number of hydrogen-bond donors (Lipinski definition) is 0. The summed E-state index contributed by atoms with van der Waals surface area (Å²) in [6.45, 7) is 3.65. The lowest BCUT2D eigenvalue weighted by molar-refractivity contribution is 0.214. The molecule has 1 fully saturated rings. The number of aromatic nitrogens is 1. The molecular formula is C17H16BrN3O. The highest BCUT2D eigenvalue weighted by Crippen LogP contribution is 2.28. The summed E-state index contributed by atoms with van der Waals surface area (Å²) in [6.07, 6.45) is 2.78. The topological polar surface area (TPSA) is 49.1 Å². The fourth-order valence-electron chi connectivity index (χ4n) is 2.67. The second-order valence-electron chi connectivity index (χ2n) is 5.37. The van der Waals surface area contributed by atoms with Crippen LogP contribution in [0.15, 0.2) is 41.0 Å². The number of aryl methyl sites for hydroxylation is 1. The molecule has 1 atom stereocenters. The smallest absolute Gasteiger partial charge is 0.216 e. The van der Waals surface area contributed by atoms with Crippen molar-refractivity contribution in [2.45, 2.75) is 19.4 Å². The summed E-state index contributed by atoms with van der Waals surface area (Å²) in [5, 5.41) is 9.30. The van der Waals surface area contributed by atoms with Crippen LogP contribution in [-0.4, -0.2) is 24.2 Å². The Balaban J connectivity index is 1.73. The second kappa shape index (κ2) is 6.37. The molecule has 3 rings (SSSR count). The van der Waals surface area contributed by atoms with E-state index in [9.17, 15) is 5.26 Å². The maximum absolute atomic E-state index is 9.30. The van der Waals surface area contributed by atoms with Crippen molar-refractivity contribution in [3.8, 4) is 11.9 Å². The summed E-state index contributed by atoms with van der Waals surface area (Å²) in [4.78, 5) is 6.49. The lowest BCUT2D eigenvalue weighted by Gasteiger charge is -2.20. The zero-order chi connectivity index (χ0) is 15.5. The minimum absolute atomic E-state index is 0.101. The molecule has 1 saturated heterocycles. The Hall–Kier alpha value is -2.06. The molecule has 0 spiro atoms. The highest BCUT2D eigenvalue weighted by atomic mass is 79.9. The molecule has 2 heterocycles. The molecule has 2 aromatic rings. The number of hydrogen-bond acceptors (Lipinski definition) is 4. The molecule has 5 heteroatoms. The molecule has 0 amide bonds. The van der Waals surface area contributed by atoms with Crippen LogP contribution in [0.1, 0.15) is 17.5 Å². The molecule has 0 aliphatic carbocycles. The van der Waals surface area contributed by atoms with E-state index in [0.717, 1.165) is 35.2 Å². The van der Waals surface area contributed by atoms with Crippen LogP contribution in [0.2, 0.25) is 0 Å². The van der Waals surface area contributed by atoms with E-state index in [1.54, 1.807) is 6.20 Å². The molecule has 0 radical (unpaired) electrons. The predicted molar refractivity (Wildman–Crippen MR) is 89.1 cm³/mol. The number of ether oxygens (including phenoxy) is 1. The number of nitrogens with zero attached hydrogens (tertiary/aromatic N) is 3. The Morgan fingerprint density at radius 3 is 3.05 bits per heavy atom. The lowest BCUT2D eigenvalue weighted by atomic mass is 10.2. The molecule has 22 heavy (non-hydrogen) atoms. The number of rotatable bonds is 3. The van der Waals surface area contributed by atoms with Gasteiger partial charge in [0, 0.05) is 29.2 Å². The largest absolute Gasteiger partial charge is 0.472 e. The fraction of sp³-hybridized carbons (Fsp3) is 0.294. The van der Waals surface area contributed by atoms with Gasteiger partial charge in [-0.15, -0.1) is 0 Å². The third-order valence-electron chi connectivity index (χ3n) is 3.80. The Kier molecular flexibility index (Phi) is 4.30. The maximum atomic E-state index is 9.30. The van der Waals surface area contributed by atoms with Crippen LogP contribution in [0.5, 0.6) is 5.88 Å². The predicted octanol–water partition coefficient (Wildman–Crippen LogP) is 3.68. The third-order valence-corrected chi connectivity index (χ3v) is 4.30. The Morgan fingerprint density at radius 1 is 1.41 bits per heavy atom. The third kappa shape index (κ3) is 3.07. The van der Waals surface area contributed by atoms with Gasteiger partial charge in [0.25, 0.3) is 0 Å². The zero-order valence-electron chi connectivity index (χ0n) is 12.3. The normalized spacial score (nSPS) is 17.3. The first-order valence-electron chi connectivity index (χ1n) is 7.20. The van der Waals surface area contributed by atoms with Crippen LogP contribution in [0.25, 0.3) is 0 Å². The summed E-state index contributed by atoms with van der Waals surface area (Å²) >= 11 is 3.41. The Labute approximate surface area is 138 Å². The lowest BCUT2D eigenvalue weighted by Crippen LogP contribution is -2.25. The molecule has 1 aliphatic heterocycles. The van der Waals surface area contributed by atoms with Gasteiger partial charge < -0.3 is 9.64 Å². The van der Waals surface area contributed by atoms with Crippen molar-refractivity contribution < 1.29 is 4.74 Å². The molecule has 0 saturated carbocycles. The van der Waals surface area contributed by atoms with E-state index < -0.39 is 0 Å². The minimum Gasteiger partial charge on any atom is -0.472 e. The van der Waals surface area contributed by atoms with Crippen LogP contribution in [0.4, 0.5) is 5.69 Å². The van der Waals surface area contributed by atoms with Gasteiger partial charge in [-0.05, 0) is 31.2 Å². The van der Waals surface area contributed by atoms with Gasteiger partial charge in [-0.1, -0.05) is 22.0 Å². The quantitative estimate of drug-likeness (QED) is 0.840. The van der Waals surface area contributed by atoms with Gasteiger partial charge in [0.15, 0.2) is 0 Å². The van der Waals surface area contributed by atoms with Gasteiger partial charge in [-0.2, -0.15) is 5.26 Å². The fourth-order valence-corrected chi connectivity index (χ4v) is 3.03. The van der Waals surface area contributed by atoms with Crippen LogP contribution in [0, 0.1) is 18.3 Å². The summed E-state index contributed by atoms with van der Waals surface area (Å²) in [5.41, 5.74) is 2.70. The van der Waals surface area contributed by atoms with Gasteiger partial charge in [-0.3, -0.25) is 0 Å². The van der Waals surface area contributed by atoms with Gasteiger partial charge in [0.1, 0.15) is 12.2 Å². The van der Waals surface area contributed by atoms with Crippen molar-refractivity contribution in [2.75, 3.05) is 18.0 Å². The van der Waals surface area contributed by atoms with Gasteiger partial charge in [0.05, 0.1) is 17.8 Å². The van der Waals surface area contributed by atoms with E-state index in [1.807, 2.05) is 37.3 Å². The molecule has 0 N–H and O–H groups in total. The molecular weight excluding hydrogens is 342 g/mol. The van der Waals surface area contributed by atoms with Crippen molar-refractivity contribution in [2.24, 2.45) is 0 Å². The number of benzene rings is 1. The van der Waals surface area contributed by atoms with Gasteiger partial charge in [-0.25, -0.2) is 4.98 Å². The van der Waals surface area contributed by atoms with E-state index in [-0.39, 0.29) is 6.10 Å². The molecule has 1 unspecified atom stereocenters. The van der Waals surface area contributed by atoms with Gasteiger partial charge >= 0.3 is 0 Å². The van der Waals surface area contributed by atoms with E-state index >= 15 is 0 Å². The first-order valence-corrected chi connectivity index (χ1v) is 7.99. The van der Waals surface area contributed by atoms with E-state index in [2.05, 4.69) is 31.9 Å². The number of anilines is 1. The summed E-state index contributed by atoms with van der Waals surface area (Å²) < 4.78 is 6.93. The highest BCUT2D eigenvalue weighted by molar-refractivity contribution is 9.10. The van der Waals surface area contributed by atoms with E-state index in [4.69, 9.17) is 4.74 Å². The molecule has 112 valence electrons. The van der Waals surface area contributed by atoms with Crippen molar-refractivity contribution in [1.29, 1.82) is 5.26 Å². The second-order valence-corrected chi connectivity index (χ2v) is 6.29. The SMILES string of the molecule is Cc1cccnc1OC1CCN(c2ccc(Br)cc2C#N)C1. The molecule has 0 bridgehead atoms. The van der Waals surface area contributed by atoms with Crippen LogP contribution >= 0.6 is 15.9 Å². The zero-order valence-corrected chi connectivity index (χ0v) is 13.9. The Morgan fingerprint density at radius 2 is 2.27 bits per heavy atom. The average molecular weight is 358 g/mol. The van der Waals surface area contributed by atoms with E-state index in [0.29, 0.717) is 11.4 Å². The van der Waals surface area contributed by atoms with Crippen molar-refractivity contribution in [3.63, 3.8) is 0 Å². The molecule has 1 aromatic heterocycles. The van der Waals surface area contributed by atoms with Gasteiger partial charge in [0.2, 0.25) is 5.88 Å². The molecule has 1 aliphatic rings. The van der Waals surface area contributed by atoms with E-state index in [1.165, 1.54) is 0 Å². The van der Waals surface area contributed by atoms with Crippen molar-refractivity contribution >= 4 is 21.6 Å². The first kappa shape index (κ1) is 14.9. The monoisotopic (exact) mass is 357 g/mol. The average Bonchev–Trinajstić information content (AvgIpc) is 2.98. The summed E-state index contributed by atoms with van der Waals surface area (Å²) in [7, 11) is 0. The molecule has 1 aromatic carbocycles. The van der Waals surface area contributed by atoms with Crippen LogP contribution < -0.4 is 9.64 Å². The molecule has 4 nitrogen and oxygen atoms in total. The highest BCUT2D eigenvalue weighted by Gasteiger charge is 2.26. The van der Waals surface area contributed by atoms with Crippen LogP contribution in [-0.2, 0) is 0 Å². The summed E-state index contributed by atoms with van der Waals surface area (Å²) in [5.74, 6) is 0.700. The summed E-state index contributed by atoms with van der Waals surface area (Å²) in [6, 6.07) is 12.0. The number of pyridine rings is 1. The van der Waals surface area contributed by atoms with Crippen molar-refractivity contribution in [3.05, 3.63) is 52.1 Å². The van der Waals surface area contributed by atoms with Crippen molar-refractivity contribution in [1.82, 2.24) is 4.98 Å².